The Hall–Kier alpha value is -1.41. The van der Waals surface area contributed by atoms with Crippen molar-refractivity contribution in [1.29, 1.82) is 0 Å². The van der Waals surface area contributed by atoms with Gasteiger partial charge >= 0.3 is 5.97 Å². The summed E-state index contributed by atoms with van der Waals surface area (Å²) in [5.74, 6) is -1.03. The molecule has 7 nitrogen and oxygen atoms in total. The van der Waals surface area contributed by atoms with Gasteiger partial charge in [0.1, 0.15) is 0 Å². The molecule has 0 aromatic carbocycles. The standard InChI is InChI=1S/C9H15N3O4S/c1-3-12(7(2)4-9(13)14)17(15,16)8-5-10-6-11-8/h5-7H,3-4H2,1-2H3,(H,10,11)(H,13,14). The molecule has 1 aromatic heterocycles. The molecule has 0 saturated carbocycles. The number of aromatic nitrogens is 2. The fourth-order valence-corrected chi connectivity index (χ4v) is 3.12. The van der Waals surface area contributed by atoms with E-state index in [1.54, 1.807) is 13.8 Å². The third-order valence-corrected chi connectivity index (χ3v) is 4.35. The molecule has 0 fully saturated rings. The number of nitrogens with one attached hydrogen (secondary N) is 1. The van der Waals surface area contributed by atoms with E-state index in [-0.39, 0.29) is 18.0 Å². The molecule has 1 aromatic rings. The van der Waals surface area contributed by atoms with Crippen LogP contribution in [0.15, 0.2) is 17.6 Å². The number of hydrogen-bond donors (Lipinski definition) is 2. The van der Waals surface area contributed by atoms with Gasteiger partial charge in [0.05, 0.1) is 18.9 Å². The largest absolute Gasteiger partial charge is 0.481 e. The highest BCUT2D eigenvalue weighted by atomic mass is 32.2. The van der Waals surface area contributed by atoms with Crippen molar-refractivity contribution in [2.24, 2.45) is 0 Å². The number of aromatic amines is 1. The number of nitrogens with zero attached hydrogens (tertiary/aromatic N) is 2. The summed E-state index contributed by atoms with van der Waals surface area (Å²) in [6.07, 6.45) is 2.23. The topological polar surface area (TPSA) is 103 Å². The Morgan fingerprint density at radius 2 is 2.29 bits per heavy atom. The Morgan fingerprint density at radius 3 is 2.71 bits per heavy atom. The Labute approximate surface area is 99.5 Å². The molecular formula is C9H15N3O4S. The van der Waals surface area contributed by atoms with Crippen molar-refractivity contribution in [3.8, 4) is 0 Å². The minimum absolute atomic E-state index is 0.0309. The van der Waals surface area contributed by atoms with Crippen LogP contribution in [0.2, 0.25) is 0 Å². The van der Waals surface area contributed by atoms with Crippen LogP contribution >= 0.6 is 0 Å². The first-order valence-corrected chi connectivity index (χ1v) is 6.55. The van der Waals surface area contributed by atoms with Crippen LogP contribution in [-0.4, -0.2) is 46.4 Å². The summed E-state index contributed by atoms with van der Waals surface area (Å²) in [6.45, 7) is 3.42. The molecule has 1 unspecified atom stereocenters. The Balaban J connectivity index is 2.98. The molecule has 0 amide bonds. The first-order valence-electron chi connectivity index (χ1n) is 5.11. The molecule has 0 aliphatic rings. The first-order chi connectivity index (χ1) is 7.89. The van der Waals surface area contributed by atoms with Gasteiger partial charge in [-0.1, -0.05) is 6.92 Å². The lowest BCUT2D eigenvalue weighted by Gasteiger charge is -2.25. The summed E-state index contributed by atoms with van der Waals surface area (Å²) in [5.41, 5.74) is 0. The molecule has 0 aliphatic carbocycles. The maximum atomic E-state index is 12.1. The van der Waals surface area contributed by atoms with Crippen molar-refractivity contribution in [2.75, 3.05) is 6.54 Å². The zero-order valence-corrected chi connectivity index (χ0v) is 10.4. The molecular weight excluding hydrogens is 246 g/mol. The number of rotatable bonds is 6. The summed E-state index contributed by atoms with van der Waals surface area (Å²) in [6, 6.07) is -0.606. The van der Waals surface area contributed by atoms with E-state index < -0.39 is 22.0 Å². The molecule has 1 heterocycles. The van der Waals surface area contributed by atoms with E-state index in [0.29, 0.717) is 0 Å². The lowest BCUT2D eigenvalue weighted by Crippen LogP contribution is -2.39. The van der Waals surface area contributed by atoms with E-state index in [1.165, 1.54) is 12.5 Å². The molecule has 0 bridgehead atoms. The number of sulfonamides is 1. The van der Waals surface area contributed by atoms with Crippen LogP contribution in [0.4, 0.5) is 0 Å². The molecule has 8 heteroatoms. The second kappa shape index (κ2) is 5.28. The molecule has 1 rings (SSSR count). The average molecular weight is 261 g/mol. The summed E-state index contributed by atoms with van der Waals surface area (Å²) in [5, 5.41) is 8.65. The number of aliphatic carboxylic acids is 1. The second-order valence-electron chi connectivity index (χ2n) is 3.57. The van der Waals surface area contributed by atoms with Gasteiger partial charge in [-0.2, -0.15) is 4.31 Å². The first kappa shape index (κ1) is 13.7. The predicted molar refractivity (Wildman–Crippen MR) is 59.9 cm³/mol. The van der Waals surface area contributed by atoms with Crippen LogP contribution in [0.3, 0.4) is 0 Å². The van der Waals surface area contributed by atoms with Gasteiger partial charge in [-0.15, -0.1) is 0 Å². The lowest BCUT2D eigenvalue weighted by molar-refractivity contribution is -0.137. The van der Waals surface area contributed by atoms with Crippen LogP contribution in [-0.2, 0) is 14.8 Å². The Bertz CT molecular complexity index is 468. The lowest BCUT2D eigenvalue weighted by atomic mass is 10.2. The predicted octanol–water partition coefficient (Wildman–Crippen LogP) is 0.283. The molecule has 96 valence electrons. The fraction of sp³-hybridized carbons (Fsp3) is 0.556. The fourth-order valence-electron chi connectivity index (χ4n) is 1.58. The van der Waals surface area contributed by atoms with Crippen molar-refractivity contribution < 1.29 is 18.3 Å². The van der Waals surface area contributed by atoms with Crippen LogP contribution in [0.25, 0.3) is 0 Å². The normalized spacial score (nSPS) is 13.8. The molecule has 0 saturated heterocycles. The smallest absolute Gasteiger partial charge is 0.304 e. The van der Waals surface area contributed by atoms with Gasteiger partial charge in [-0.05, 0) is 6.92 Å². The summed E-state index contributed by atoms with van der Waals surface area (Å²) in [7, 11) is -3.70. The van der Waals surface area contributed by atoms with E-state index in [1.807, 2.05) is 0 Å². The number of hydrogen-bond acceptors (Lipinski definition) is 4. The van der Waals surface area contributed by atoms with E-state index in [9.17, 15) is 13.2 Å². The summed E-state index contributed by atoms with van der Waals surface area (Å²) in [4.78, 5) is 16.8. The minimum atomic E-state index is -3.70. The van der Waals surface area contributed by atoms with Gasteiger partial charge in [0.15, 0.2) is 5.03 Å². The highest BCUT2D eigenvalue weighted by Crippen LogP contribution is 2.16. The molecule has 0 spiro atoms. The van der Waals surface area contributed by atoms with Crippen molar-refractivity contribution in [3.05, 3.63) is 12.5 Å². The van der Waals surface area contributed by atoms with Gasteiger partial charge in [0.2, 0.25) is 0 Å². The number of carboxylic acid groups (broad SMARTS) is 1. The van der Waals surface area contributed by atoms with Gasteiger partial charge in [-0.25, -0.2) is 13.4 Å². The van der Waals surface area contributed by atoms with Crippen LogP contribution in [0.5, 0.6) is 0 Å². The van der Waals surface area contributed by atoms with Gasteiger partial charge in [0, 0.05) is 12.6 Å². The molecule has 1 atom stereocenters. The monoisotopic (exact) mass is 261 g/mol. The summed E-state index contributed by atoms with van der Waals surface area (Å²) < 4.78 is 25.4. The maximum Gasteiger partial charge on any atom is 0.304 e. The number of H-pyrrole nitrogens is 1. The Morgan fingerprint density at radius 1 is 1.65 bits per heavy atom. The van der Waals surface area contributed by atoms with Crippen molar-refractivity contribution in [3.63, 3.8) is 0 Å². The highest BCUT2D eigenvalue weighted by Gasteiger charge is 2.29. The maximum absolute atomic E-state index is 12.1. The van der Waals surface area contributed by atoms with E-state index in [2.05, 4.69) is 9.97 Å². The number of carboxylic acids is 1. The van der Waals surface area contributed by atoms with Crippen LogP contribution < -0.4 is 0 Å². The zero-order chi connectivity index (χ0) is 13.1. The van der Waals surface area contributed by atoms with E-state index in [4.69, 9.17) is 5.11 Å². The number of carbonyl (C=O) groups is 1. The molecule has 0 radical (unpaired) electrons. The van der Waals surface area contributed by atoms with E-state index in [0.717, 1.165) is 4.31 Å². The minimum Gasteiger partial charge on any atom is -0.481 e. The average Bonchev–Trinajstić information content (AvgIpc) is 2.69. The van der Waals surface area contributed by atoms with Crippen molar-refractivity contribution in [1.82, 2.24) is 14.3 Å². The van der Waals surface area contributed by atoms with Gasteiger partial charge in [-0.3, -0.25) is 4.79 Å². The van der Waals surface area contributed by atoms with Crippen molar-refractivity contribution >= 4 is 16.0 Å². The number of imidazole rings is 1. The SMILES string of the molecule is CCN(C(C)CC(=O)O)S(=O)(=O)c1cnc[nH]1. The van der Waals surface area contributed by atoms with Crippen LogP contribution in [0, 0.1) is 0 Å². The third-order valence-electron chi connectivity index (χ3n) is 2.33. The molecule has 0 aliphatic heterocycles. The van der Waals surface area contributed by atoms with Gasteiger partial charge < -0.3 is 10.1 Å². The highest BCUT2D eigenvalue weighted by molar-refractivity contribution is 7.89. The van der Waals surface area contributed by atoms with Gasteiger partial charge in [0.25, 0.3) is 10.0 Å². The second-order valence-corrected chi connectivity index (χ2v) is 5.43. The Kier molecular flexibility index (Phi) is 4.24. The van der Waals surface area contributed by atoms with E-state index >= 15 is 0 Å². The zero-order valence-electron chi connectivity index (χ0n) is 9.62. The van der Waals surface area contributed by atoms with Crippen LogP contribution in [0.1, 0.15) is 20.3 Å². The summed E-state index contributed by atoms with van der Waals surface area (Å²) >= 11 is 0. The quantitative estimate of drug-likeness (QED) is 0.765. The molecule has 17 heavy (non-hydrogen) atoms. The van der Waals surface area contributed by atoms with Crippen molar-refractivity contribution in [2.45, 2.75) is 31.3 Å². The third kappa shape index (κ3) is 3.04. The molecule has 2 N–H and O–H groups in total.